The Bertz CT molecular complexity index is 437. The van der Waals surface area contributed by atoms with E-state index in [1.807, 2.05) is 0 Å². The Morgan fingerprint density at radius 1 is 1.50 bits per heavy atom. The highest BCUT2D eigenvalue weighted by molar-refractivity contribution is 7.89. The zero-order valence-corrected chi connectivity index (χ0v) is 10.3. The first-order valence-corrected chi connectivity index (χ1v) is 7.18. The van der Waals surface area contributed by atoms with Crippen LogP contribution in [0.1, 0.15) is 25.7 Å². The topological polar surface area (TPSA) is 74.8 Å². The third-order valence-corrected chi connectivity index (χ3v) is 4.95. The Morgan fingerprint density at radius 2 is 2.19 bits per heavy atom. The summed E-state index contributed by atoms with van der Waals surface area (Å²) in [7, 11) is -3.52. The Morgan fingerprint density at radius 3 is 2.69 bits per heavy atom. The Labute approximate surface area is 99.7 Å². The molecular formula is C9H14ClN3O2S. The molecule has 0 saturated heterocycles. The molecule has 0 atom stereocenters. The zero-order chi connectivity index (χ0) is 11.6. The van der Waals surface area contributed by atoms with Crippen LogP contribution >= 0.6 is 11.6 Å². The number of hydrogen-bond donors (Lipinski definition) is 2. The number of sulfonamides is 1. The van der Waals surface area contributed by atoms with E-state index in [4.69, 9.17) is 11.6 Å². The van der Waals surface area contributed by atoms with Gasteiger partial charge in [-0.25, -0.2) is 18.1 Å². The van der Waals surface area contributed by atoms with Crippen molar-refractivity contribution in [3.05, 3.63) is 12.5 Å². The number of aromatic nitrogens is 2. The average Bonchev–Trinajstić information content (AvgIpc) is 2.87. The molecule has 0 radical (unpaired) electrons. The second-order valence-corrected chi connectivity index (χ2v) is 6.06. The minimum absolute atomic E-state index is 0.0869. The molecule has 0 aromatic carbocycles. The summed E-state index contributed by atoms with van der Waals surface area (Å²) in [5.74, 6) is 0.306. The van der Waals surface area contributed by atoms with E-state index in [9.17, 15) is 8.42 Å². The van der Waals surface area contributed by atoms with Crippen molar-refractivity contribution in [2.75, 3.05) is 5.88 Å². The lowest BCUT2D eigenvalue weighted by Gasteiger charge is -2.26. The maximum atomic E-state index is 12.0. The van der Waals surface area contributed by atoms with Gasteiger partial charge in [0.05, 0.1) is 12.5 Å². The summed E-state index contributed by atoms with van der Waals surface area (Å²) >= 11 is 5.88. The largest absolute Gasteiger partial charge is 0.335 e. The number of halogens is 1. The number of nitrogens with one attached hydrogen (secondary N) is 2. The van der Waals surface area contributed by atoms with Crippen molar-refractivity contribution in [2.45, 2.75) is 36.2 Å². The predicted octanol–water partition coefficient (Wildman–Crippen LogP) is 1.24. The van der Waals surface area contributed by atoms with E-state index in [0.29, 0.717) is 5.88 Å². The van der Waals surface area contributed by atoms with Crippen molar-refractivity contribution in [2.24, 2.45) is 0 Å². The average molecular weight is 264 g/mol. The van der Waals surface area contributed by atoms with E-state index >= 15 is 0 Å². The molecule has 16 heavy (non-hydrogen) atoms. The molecule has 1 heterocycles. The van der Waals surface area contributed by atoms with Gasteiger partial charge >= 0.3 is 0 Å². The van der Waals surface area contributed by atoms with E-state index in [1.165, 1.54) is 12.5 Å². The monoisotopic (exact) mass is 263 g/mol. The fraction of sp³-hybridized carbons (Fsp3) is 0.667. The Hall–Kier alpha value is -0.590. The number of H-pyrrole nitrogens is 1. The van der Waals surface area contributed by atoms with Gasteiger partial charge in [-0.3, -0.25) is 0 Å². The molecule has 1 fully saturated rings. The van der Waals surface area contributed by atoms with Crippen molar-refractivity contribution in [3.8, 4) is 0 Å². The van der Waals surface area contributed by atoms with Gasteiger partial charge in [0.2, 0.25) is 0 Å². The summed E-state index contributed by atoms with van der Waals surface area (Å²) in [6.07, 6.45) is 6.25. The normalized spacial score (nSPS) is 20.1. The maximum absolute atomic E-state index is 12.0. The van der Waals surface area contributed by atoms with Gasteiger partial charge in [0.25, 0.3) is 10.0 Å². The van der Waals surface area contributed by atoms with Crippen LogP contribution in [0.15, 0.2) is 17.6 Å². The maximum Gasteiger partial charge on any atom is 0.258 e. The summed E-state index contributed by atoms with van der Waals surface area (Å²) in [4.78, 5) is 6.29. The first kappa shape index (κ1) is 11.9. The third kappa shape index (κ3) is 2.23. The van der Waals surface area contributed by atoms with Crippen molar-refractivity contribution >= 4 is 21.6 Å². The van der Waals surface area contributed by atoms with Gasteiger partial charge in [0.15, 0.2) is 5.03 Å². The lowest BCUT2D eigenvalue weighted by Crippen LogP contribution is -2.47. The van der Waals surface area contributed by atoms with Crippen LogP contribution in [0.2, 0.25) is 0 Å². The van der Waals surface area contributed by atoms with Crippen LogP contribution in [0, 0.1) is 0 Å². The van der Waals surface area contributed by atoms with Crippen molar-refractivity contribution < 1.29 is 8.42 Å². The van der Waals surface area contributed by atoms with Crippen LogP contribution in [-0.4, -0.2) is 29.8 Å². The second-order valence-electron chi connectivity index (χ2n) is 4.14. The second kappa shape index (κ2) is 4.35. The molecule has 2 rings (SSSR count). The summed E-state index contributed by atoms with van der Waals surface area (Å²) in [6.45, 7) is 0. The molecule has 5 nitrogen and oxygen atoms in total. The van der Waals surface area contributed by atoms with E-state index in [-0.39, 0.29) is 5.03 Å². The van der Waals surface area contributed by atoms with E-state index < -0.39 is 15.6 Å². The molecule has 1 aliphatic carbocycles. The van der Waals surface area contributed by atoms with Crippen molar-refractivity contribution in [1.29, 1.82) is 0 Å². The molecule has 7 heteroatoms. The van der Waals surface area contributed by atoms with E-state index in [0.717, 1.165) is 25.7 Å². The highest BCUT2D eigenvalue weighted by Crippen LogP contribution is 2.32. The molecule has 0 bridgehead atoms. The fourth-order valence-electron chi connectivity index (χ4n) is 2.04. The standard InChI is InChI=1S/C9H14ClN3O2S/c10-6-9(3-1-2-4-9)13-16(14,15)8-5-11-7-12-8/h5,7,13H,1-4,6H2,(H,11,12). The summed E-state index contributed by atoms with van der Waals surface area (Å²) in [5, 5.41) is 0.0869. The molecule has 2 N–H and O–H groups in total. The quantitative estimate of drug-likeness (QED) is 0.803. The van der Waals surface area contributed by atoms with E-state index in [1.54, 1.807) is 0 Å². The molecule has 0 unspecified atom stereocenters. The van der Waals surface area contributed by atoms with Crippen LogP contribution < -0.4 is 4.72 Å². The number of rotatable bonds is 4. The van der Waals surface area contributed by atoms with Crippen LogP contribution in [0.5, 0.6) is 0 Å². The highest BCUT2D eigenvalue weighted by atomic mass is 35.5. The number of hydrogen-bond acceptors (Lipinski definition) is 3. The van der Waals surface area contributed by atoms with Crippen molar-refractivity contribution in [1.82, 2.24) is 14.7 Å². The van der Waals surface area contributed by atoms with E-state index in [2.05, 4.69) is 14.7 Å². The lowest BCUT2D eigenvalue weighted by molar-refractivity contribution is 0.432. The smallest absolute Gasteiger partial charge is 0.258 e. The van der Waals surface area contributed by atoms with Gasteiger partial charge < -0.3 is 4.98 Å². The molecule has 0 spiro atoms. The van der Waals surface area contributed by atoms with Crippen molar-refractivity contribution in [3.63, 3.8) is 0 Å². The SMILES string of the molecule is O=S(=O)(NC1(CCl)CCCC1)c1cnc[nH]1. The van der Waals surface area contributed by atoms with Gasteiger partial charge in [-0.15, -0.1) is 11.6 Å². The number of imidazole rings is 1. The minimum Gasteiger partial charge on any atom is -0.335 e. The van der Waals surface area contributed by atoms with Gasteiger partial charge in [-0.05, 0) is 12.8 Å². The van der Waals surface area contributed by atoms with Crippen LogP contribution in [0.4, 0.5) is 0 Å². The summed E-state index contributed by atoms with van der Waals surface area (Å²) in [5.41, 5.74) is -0.481. The molecule has 0 aliphatic heterocycles. The molecule has 1 saturated carbocycles. The zero-order valence-electron chi connectivity index (χ0n) is 8.74. The first-order chi connectivity index (χ1) is 7.58. The molecule has 1 aliphatic rings. The minimum atomic E-state index is -3.52. The fourth-order valence-corrected chi connectivity index (χ4v) is 3.82. The molecule has 90 valence electrons. The molecular weight excluding hydrogens is 250 g/mol. The number of nitrogens with zero attached hydrogens (tertiary/aromatic N) is 1. The number of alkyl halides is 1. The summed E-state index contributed by atoms with van der Waals surface area (Å²) in [6, 6.07) is 0. The van der Waals surface area contributed by atoms with Gasteiger partial charge in [0, 0.05) is 11.4 Å². The number of aromatic amines is 1. The van der Waals surface area contributed by atoms with Crippen LogP contribution in [-0.2, 0) is 10.0 Å². The molecule has 0 amide bonds. The molecule has 1 aromatic heterocycles. The van der Waals surface area contributed by atoms with Crippen LogP contribution in [0.3, 0.4) is 0 Å². The Kier molecular flexibility index (Phi) is 3.23. The first-order valence-electron chi connectivity index (χ1n) is 5.16. The van der Waals surface area contributed by atoms with Crippen LogP contribution in [0.25, 0.3) is 0 Å². The van der Waals surface area contributed by atoms with Gasteiger partial charge in [-0.2, -0.15) is 0 Å². The predicted molar refractivity (Wildman–Crippen MR) is 60.8 cm³/mol. The molecule has 1 aromatic rings. The van der Waals surface area contributed by atoms with Gasteiger partial charge in [0.1, 0.15) is 0 Å². The van der Waals surface area contributed by atoms with Gasteiger partial charge in [-0.1, -0.05) is 12.8 Å². The summed E-state index contributed by atoms with van der Waals surface area (Å²) < 4.78 is 26.6. The Balaban J connectivity index is 2.20. The third-order valence-electron chi connectivity index (χ3n) is 2.93. The highest BCUT2D eigenvalue weighted by Gasteiger charge is 2.37. The lowest BCUT2D eigenvalue weighted by atomic mass is 10.0.